The van der Waals surface area contributed by atoms with Gasteiger partial charge < -0.3 is 14.8 Å². The fourth-order valence-electron chi connectivity index (χ4n) is 3.01. The Morgan fingerprint density at radius 1 is 1.19 bits per heavy atom. The number of benzene rings is 2. The van der Waals surface area contributed by atoms with E-state index in [1.54, 1.807) is 7.11 Å². The molecule has 0 bridgehead atoms. The Morgan fingerprint density at radius 3 is 2.81 bits per heavy atom. The van der Waals surface area contributed by atoms with Crippen LogP contribution in [0.15, 0.2) is 36.4 Å². The maximum Gasteiger partial charge on any atom is 0.126 e. The summed E-state index contributed by atoms with van der Waals surface area (Å²) in [6, 6.07) is 12.6. The third kappa shape index (κ3) is 3.36. The number of fused-ring (bicyclic) bond motifs is 1. The lowest BCUT2D eigenvalue weighted by Crippen LogP contribution is -2.18. The molecule has 0 saturated carbocycles. The van der Waals surface area contributed by atoms with E-state index < -0.39 is 0 Å². The molecule has 1 atom stereocenters. The standard InChI is InChI=1S/C18H23NO2/c1-20-18-7-6-15(16-4-2-3-5-17(16)18)12-19-10-8-14-9-11-21-13-14/h2-7,14,19H,8-13H2,1H3. The van der Waals surface area contributed by atoms with Crippen LogP contribution in [0.4, 0.5) is 0 Å². The van der Waals surface area contributed by atoms with E-state index in [1.165, 1.54) is 29.2 Å². The molecule has 1 saturated heterocycles. The summed E-state index contributed by atoms with van der Waals surface area (Å²) in [5.41, 5.74) is 1.33. The minimum atomic E-state index is 0.741. The summed E-state index contributed by atoms with van der Waals surface area (Å²) in [4.78, 5) is 0. The van der Waals surface area contributed by atoms with Crippen LogP contribution in [0.5, 0.6) is 5.75 Å². The van der Waals surface area contributed by atoms with Crippen LogP contribution in [-0.2, 0) is 11.3 Å². The summed E-state index contributed by atoms with van der Waals surface area (Å²) in [5.74, 6) is 1.68. The third-order valence-corrected chi connectivity index (χ3v) is 4.26. The molecule has 1 fully saturated rings. The van der Waals surface area contributed by atoms with Gasteiger partial charge in [-0.1, -0.05) is 30.3 Å². The van der Waals surface area contributed by atoms with E-state index >= 15 is 0 Å². The van der Waals surface area contributed by atoms with E-state index in [2.05, 4.69) is 41.7 Å². The van der Waals surface area contributed by atoms with Gasteiger partial charge in [0.25, 0.3) is 0 Å². The Balaban J connectivity index is 1.63. The first-order valence-corrected chi connectivity index (χ1v) is 7.71. The van der Waals surface area contributed by atoms with Gasteiger partial charge in [0.1, 0.15) is 5.75 Å². The highest BCUT2D eigenvalue weighted by Crippen LogP contribution is 2.28. The van der Waals surface area contributed by atoms with Crippen molar-refractivity contribution in [3.05, 3.63) is 42.0 Å². The molecule has 1 unspecified atom stereocenters. The predicted octanol–water partition coefficient (Wildman–Crippen LogP) is 3.36. The first kappa shape index (κ1) is 14.4. The second kappa shape index (κ2) is 6.92. The number of nitrogens with one attached hydrogen (secondary N) is 1. The summed E-state index contributed by atoms with van der Waals surface area (Å²) < 4.78 is 10.9. The van der Waals surface area contributed by atoms with Gasteiger partial charge in [-0.2, -0.15) is 0 Å². The van der Waals surface area contributed by atoms with E-state index in [1.807, 2.05) is 0 Å². The Hall–Kier alpha value is -1.58. The van der Waals surface area contributed by atoms with Gasteiger partial charge in [-0.05, 0) is 42.3 Å². The Labute approximate surface area is 126 Å². The van der Waals surface area contributed by atoms with Crippen molar-refractivity contribution < 1.29 is 9.47 Å². The SMILES string of the molecule is COc1ccc(CNCCC2CCOC2)c2ccccc12. The molecule has 112 valence electrons. The fraction of sp³-hybridized carbons (Fsp3) is 0.444. The van der Waals surface area contributed by atoms with Crippen LogP contribution >= 0.6 is 0 Å². The second-order valence-corrected chi connectivity index (χ2v) is 5.67. The fourth-order valence-corrected chi connectivity index (χ4v) is 3.01. The molecule has 21 heavy (non-hydrogen) atoms. The average molecular weight is 285 g/mol. The Bertz CT molecular complexity index is 591. The van der Waals surface area contributed by atoms with Crippen LogP contribution in [-0.4, -0.2) is 26.9 Å². The van der Waals surface area contributed by atoms with Crippen molar-refractivity contribution in [2.24, 2.45) is 5.92 Å². The van der Waals surface area contributed by atoms with E-state index in [9.17, 15) is 0 Å². The topological polar surface area (TPSA) is 30.5 Å². The van der Waals surface area contributed by atoms with Crippen LogP contribution < -0.4 is 10.1 Å². The van der Waals surface area contributed by atoms with E-state index in [0.717, 1.165) is 38.0 Å². The lowest BCUT2D eigenvalue weighted by atomic mass is 10.0. The lowest BCUT2D eigenvalue weighted by Gasteiger charge is -2.12. The number of hydrogen-bond donors (Lipinski definition) is 1. The van der Waals surface area contributed by atoms with Crippen molar-refractivity contribution in [3.63, 3.8) is 0 Å². The van der Waals surface area contributed by atoms with Gasteiger partial charge in [0, 0.05) is 25.1 Å². The molecule has 0 aromatic heterocycles. The maximum atomic E-state index is 5.44. The number of ether oxygens (including phenoxy) is 2. The largest absolute Gasteiger partial charge is 0.496 e. The van der Waals surface area contributed by atoms with Crippen LogP contribution in [0.1, 0.15) is 18.4 Å². The quantitative estimate of drug-likeness (QED) is 0.826. The van der Waals surface area contributed by atoms with Gasteiger partial charge >= 0.3 is 0 Å². The monoisotopic (exact) mass is 285 g/mol. The highest BCUT2D eigenvalue weighted by atomic mass is 16.5. The summed E-state index contributed by atoms with van der Waals surface area (Å²) in [5, 5.41) is 6.02. The van der Waals surface area contributed by atoms with Gasteiger partial charge in [0.15, 0.2) is 0 Å². The molecule has 0 aliphatic carbocycles. The predicted molar refractivity (Wildman–Crippen MR) is 85.7 cm³/mol. The van der Waals surface area contributed by atoms with E-state index in [0.29, 0.717) is 0 Å². The summed E-state index contributed by atoms with van der Waals surface area (Å²) in [6.45, 7) is 3.83. The van der Waals surface area contributed by atoms with Crippen LogP contribution in [0.25, 0.3) is 10.8 Å². The molecule has 2 aromatic carbocycles. The van der Waals surface area contributed by atoms with Crippen LogP contribution in [0.2, 0.25) is 0 Å². The zero-order chi connectivity index (χ0) is 14.5. The second-order valence-electron chi connectivity index (χ2n) is 5.67. The minimum Gasteiger partial charge on any atom is -0.496 e. The van der Waals surface area contributed by atoms with Crippen LogP contribution in [0, 0.1) is 5.92 Å². The summed E-state index contributed by atoms with van der Waals surface area (Å²) >= 11 is 0. The van der Waals surface area contributed by atoms with Crippen molar-refractivity contribution in [2.75, 3.05) is 26.9 Å². The van der Waals surface area contributed by atoms with Gasteiger partial charge in [0.2, 0.25) is 0 Å². The lowest BCUT2D eigenvalue weighted by molar-refractivity contribution is 0.184. The van der Waals surface area contributed by atoms with Gasteiger partial charge in [0.05, 0.1) is 7.11 Å². The van der Waals surface area contributed by atoms with Gasteiger partial charge in [-0.25, -0.2) is 0 Å². The molecule has 3 nitrogen and oxygen atoms in total. The number of rotatable bonds is 6. The Morgan fingerprint density at radius 2 is 2.05 bits per heavy atom. The smallest absolute Gasteiger partial charge is 0.126 e. The molecule has 1 heterocycles. The van der Waals surface area contributed by atoms with Crippen molar-refractivity contribution >= 4 is 10.8 Å². The molecule has 0 spiro atoms. The van der Waals surface area contributed by atoms with Crippen LogP contribution in [0.3, 0.4) is 0 Å². The molecular formula is C18H23NO2. The minimum absolute atomic E-state index is 0.741. The van der Waals surface area contributed by atoms with E-state index in [4.69, 9.17) is 9.47 Å². The number of hydrogen-bond acceptors (Lipinski definition) is 3. The molecule has 0 radical (unpaired) electrons. The zero-order valence-corrected chi connectivity index (χ0v) is 12.6. The molecule has 3 rings (SSSR count). The third-order valence-electron chi connectivity index (χ3n) is 4.26. The maximum absolute atomic E-state index is 5.44. The highest BCUT2D eigenvalue weighted by Gasteiger charge is 2.14. The average Bonchev–Trinajstić information content (AvgIpc) is 3.05. The molecule has 1 N–H and O–H groups in total. The molecule has 3 heteroatoms. The Kier molecular flexibility index (Phi) is 4.73. The summed E-state index contributed by atoms with van der Waals surface area (Å²) in [6.07, 6.45) is 2.42. The molecule has 1 aliphatic rings. The van der Waals surface area contributed by atoms with E-state index in [-0.39, 0.29) is 0 Å². The zero-order valence-electron chi connectivity index (χ0n) is 12.6. The van der Waals surface area contributed by atoms with Gasteiger partial charge in [-0.3, -0.25) is 0 Å². The van der Waals surface area contributed by atoms with Crippen molar-refractivity contribution in [1.29, 1.82) is 0 Å². The normalized spacial score (nSPS) is 18.2. The van der Waals surface area contributed by atoms with Gasteiger partial charge in [-0.15, -0.1) is 0 Å². The first-order chi connectivity index (χ1) is 10.4. The molecule has 2 aromatic rings. The number of methoxy groups -OCH3 is 1. The van der Waals surface area contributed by atoms with Crippen molar-refractivity contribution in [3.8, 4) is 5.75 Å². The summed E-state index contributed by atoms with van der Waals surface area (Å²) in [7, 11) is 1.73. The highest BCUT2D eigenvalue weighted by molar-refractivity contribution is 5.91. The molecule has 1 aliphatic heterocycles. The molecular weight excluding hydrogens is 262 g/mol. The van der Waals surface area contributed by atoms with Crippen molar-refractivity contribution in [1.82, 2.24) is 5.32 Å². The van der Waals surface area contributed by atoms with Crippen molar-refractivity contribution in [2.45, 2.75) is 19.4 Å². The first-order valence-electron chi connectivity index (χ1n) is 7.71. The molecule has 0 amide bonds.